The summed E-state index contributed by atoms with van der Waals surface area (Å²) in [6, 6.07) is 12.9. The van der Waals surface area contributed by atoms with Crippen molar-refractivity contribution in [1.29, 1.82) is 0 Å². The Balaban J connectivity index is 2.44. The lowest BCUT2D eigenvalue weighted by molar-refractivity contribution is -0.141. The van der Waals surface area contributed by atoms with E-state index < -0.39 is 22.5 Å². The standard InChI is InChI=1S/C18H21NO5S/c1-4-24-18(20)13-19(15-7-5-14(2)6-8-15)25(21,22)17-11-9-16(23-3)10-12-17/h5-12H,4,13H2,1-3H3. The molecule has 7 heteroatoms. The summed E-state index contributed by atoms with van der Waals surface area (Å²) in [5.74, 6) is -0.0635. The first-order chi connectivity index (χ1) is 11.9. The Labute approximate surface area is 148 Å². The molecule has 134 valence electrons. The Bertz CT molecular complexity index is 814. The average Bonchev–Trinajstić information content (AvgIpc) is 2.61. The van der Waals surface area contributed by atoms with Crippen LogP contribution in [-0.2, 0) is 19.6 Å². The summed E-state index contributed by atoms with van der Waals surface area (Å²) in [7, 11) is -2.43. The van der Waals surface area contributed by atoms with Crippen molar-refractivity contribution in [3.05, 3.63) is 54.1 Å². The van der Waals surface area contributed by atoms with Gasteiger partial charge in [-0.15, -0.1) is 0 Å². The van der Waals surface area contributed by atoms with Crippen molar-refractivity contribution in [2.45, 2.75) is 18.7 Å². The largest absolute Gasteiger partial charge is 0.497 e. The fourth-order valence-corrected chi connectivity index (χ4v) is 3.63. The van der Waals surface area contributed by atoms with Gasteiger partial charge in [-0.25, -0.2) is 8.42 Å². The highest BCUT2D eigenvalue weighted by atomic mass is 32.2. The first kappa shape index (κ1) is 18.8. The zero-order valence-corrected chi connectivity index (χ0v) is 15.2. The van der Waals surface area contributed by atoms with E-state index in [2.05, 4.69) is 0 Å². The van der Waals surface area contributed by atoms with Crippen LogP contribution in [0.3, 0.4) is 0 Å². The number of rotatable bonds is 7. The Morgan fingerprint density at radius 2 is 1.64 bits per heavy atom. The molecule has 0 amide bonds. The third-order valence-electron chi connectivity index (χ3n) is 3.55. The molecule has 0 aliphatic rings. The van der Waals surface area contributed by atoms with Gasteiger partial charge in [0.25, 0.3) is 10.0 Å². The molecule has 0 N–H and O–H groups in total. The molecule has 6 nitrogen and oxygen atoms in total. The Hall–Kier alpha value is -2.54. The first-order valence-corrected chi connectivity index (χ1v) is 9.21. The summed E-state index contributed by atoms with van der Waals surface area (Å²) in [5.41, 5.74) is 1.39. The van der Waals surface area contributed by atoms with Gasteiger partial charge in [-0.3, -0.25) is 9.10 Å². The van der Waals surface area contributed by atoms with E-state index >= 15 is 0 Å². The summed E-state index contributed by atoms with van der Waals surface area (Å²) in [4.78, 5) is 12.0. The van der Waals surface area contributed by atoms with Crippen molar-refractivity contribution in [2.24, 2.45) is 0 Å². The second kappa shape index (κ2) is 8.02. The van der Waals surface area contributed by atoms with Crippen molar-refractivity contribution >= 4 is 21.7 Å². The van der Waals surface area contributed by atoms with Gasteiger partial charge >= 0.3 is 5.97 Å². The van der Waals surface area contributed by atoms with Gasteiger partial charge in [0.15, 0.2) is 0 Å². The Morgan fingerprint density at radius 3 is 2.16 bits per heavy atom. The highest BCUT2D eigenvalue weighted by Gasteiger charge is 2.27. The summed E-state index contributed by atoms with van der Waals surface area (Å²) in [5, 5.41) is 0. The van der Waals surface area contributed by atoms with Crippen LogP contribution in [0.25, 0.3) is 0 Å². The molecular weight excluding hydrogens is 342 g/mol. The van der Waals surface area contributed by atoms with Crippen LogP contribution in [0.5, 0.6) is 5.75 Å². The molecule has 0 aliphatic carbocycles. The molecule has 0 heterocycles. The number of benzene rings is 2. The molecule has 0 saturated heterocycles. The van der Waals surface area contributed by atoms with Gasteiger partial charge < -0.3 is 9.47 Å². The van der Waals surface area contributed by atoms with Crippen LogP contribution in [0.4, 0.5) is 5.69 Å². The van der Waals surface area contributed by atoms with Gasteiger partial charge in [-0.2, -0.15) is 0 Å². The van der Waals surface area contributed by atoms with Crippen molar-refractivity contribution < 1.29 is 22.7 Å². The van der Waals surface area contributed by atoms with E-state index in [0.29, 0.717) is 11.4 Å². The van der Waals surface area contributed by atoms with Crippen molar-refractivity contribution in [1.82, 2.24) is 0 Å². The zero-order chi connectivity index (χ0) is 18.4. The van der Waals surface area contributed by atoms with Gasteiger partial charge in [-0.1, -0.05) is 17.7 Å². The minimum atomic E-state index is -3.93. The van der Waals surface area contributed by atoms with Gasteiger partial charge in [0.1, 0.15) is 12.3 Å². The molecule has 2 rings (SSSR count). The number of sulfonamides is 1. The van der Waals surface area contributed by atoms with Gasteiger partial charge in [0.05, 0.1) is 24.3 Å². The number of nitrogens with zero attached hydrogens (tertiary/aromatic N) is 1. The number of carbonyl (C=O) groups is 1. The Kier molecular flexibility index (Phi) is 6.03. The molecule has 2 aromatic carbocycles. The maximum absolute atomic E-state index is 13.0. The van der Waals surface area contributed by atoms with E-state index in [1.165, 1.54) is 19.2 Å². The van der Waals surface area contributed by atoms with Crippen LogP contribution in [-0.4, -0.2) is 34.6 Å². The predicted octanol–water partition coefficient (Wildman–Crippen LogP) is 2.76. The topological polar surface area (TPSA) is 72.9 Å². The number of anilines is 1. The zero-order valence-electron chi connectivity index (χ0n) is 14.4. The highest BCUT2D eigenvalue weighted by Crippen LogP contribution is 2.25. The third kappa shape index (κ3) is 4.51. The number of hydrogen-bond donors (Lipinski definition) is 0. The minimum absolute atomic E-state index is 0.0678. The lowest BCUT2D eigenvalue weighted by Gasteiger charge is -2.23. The van der Waals surface area contributed by atoms with Crippen LogP contribution in [0.15, 0.2) is 53.4 Å². The average molecular weight is 363 g/mol. The maximum Gasteiger partial charge on any atom is 0.326 e. The summed E-state index contributed by atoms with van der Waals surface area (Å²) >= 11 is 0. The molecule has 2 aromatic rings. The third-order valence-corrected chi connectivity index (χ3v) is 5.34. The predicted molar refractivity (Wildman–Crippen MR) is 95.3 cm³/mol. The quantitative estimate of drug-likeness (QED) is 0.707. The van der Waals surface area contributed by atoms with Gasteiger partial charge in [0, 0.05) is 0 Å². The number of methoxy groups -OCH3 is 1. The molecule has 0 saturated carbocycles. The number of carbonyl (C=O) groups excluding carboxylic acids is 1. The number of hydrogen-bond acceptors (Lipinski definition) is 5. The van der Waals surface area contributed by atoms with E-state index in [1.807, 2.05) is 6.92 Å². The highest BCUT2D eigenvalue weighted by molar-refractivity contribution is 7.92. The van der Waals surface area contributed by atoms with Crippen molar-refractivity contribution in [3.8, 4) is 5.75 Å². The molecule has 0 radical (unpaired) electrons. The Morgan fingerprint density at radius 1 is 1.04 bits per heavy atom. The van der Waals surface area contributed by atoms with Crippen LogP contribution in [0.1, 0.15) is 12.5 Å². The minimum Gasteiger partial charge on any atom is -0.497 e. The number of aryl methyl sites for hydroxylation is 1. The van der Waals surface area contributed by atoms with Crippen LogP contribution < -0.4 is 9.04 Å². The molecule has 0 atom stereocenters. The van der Waals surface area contributed by atoms with E-state index in [4.69, 9.17) is 9.47 Å². The van der Waals surface area contributed by atoms with Crippen LogP contribution in [0.2, 0.25) is 0 Å². The van der Waals surface area contributed by atoms with Crippen molar-refractivity contribution in [2.75, 3.05) is 24.6 Å². The molecule has 0 unspecified atom stereocenters. The van der Waals surface area contributed by atoms with Gasteiger partial charge in [0.2, 0.25) is 0 Å². The molecule has 0 aliphatic heterocycles. The summed E-state index contributed by atoms with van der Waals surface area (Å²) in [6.45, 7) is 3.36. The second-order valence-electron chi connectivity index (χ2n) is 5.33. The molecule has 0 bridgehead atoms. The first-order valence-electron chi connectivity index (χ1n) is 7.77. The fraction of sp³-hybridized carbons (Fsp3) is 0.278. The molecule has 0 aromatic heterocycles. The van der Waals surface area contributed by atoms with E-state index in [1.54, 1.807) is 43.3 Å². The van der Waals surface area contributed by atoms with E-state index in [9.17, 15) is 13.2 Å². The molecule has 0 fully saturated rings. The number of ether oxygens (including phenoxy) is 2. The summed E-state index contributed by atoms with van der Waals surface area (Å²) in [6.07, 6.45) is 0. The molecule has 25 heavy (non-hydrogen) atoms. The van der Waals surface area contributed by atoms with Gasteiger partial charge in [-0.05, 0) is 50.2 Å². The molecule has 0 spiro atoms. The smallest absolute Gasteiger partial charge is 0.326 e. The SMILES string of the molecule is CCOC(=O)CN(c1ccc(C)cc1)S(=O)(=O)c1ccc(OC)cc1. The van der Waals surface area contributed by atoms with Crippen molar-refractivity contribution in [3.63, 3.8) is 0 Å². The van der Waals surface area contributed by atoms with E-state index in [0.717, 1.165) is 9.87 Å². The fourth-order valence-electron chi connectivity index (χ4n) is 2.22. The van der Waals surface area contributed by atoms with E-state index in [-0.39, 0.29) is 11.5 Å². The molecular formula is C18H21NO5S. The lowest BCUT2D eigenvalue weighted by atomic mass is 10.2. The second-order valence-corrected chi connectivity index (χ2v) is 7.19. The lowest BCUT2D eigenvalue weighted by Crippen LogP contribution is -2.36. The normalized spacial score (nSPS) is 11.0. The van der Waals surface area contributed by atoms with Crippen LogP contribution >= 0.6 is 0 Å². The summed E-state index contributed by atoms with van der Waals surface area (Å²) < 4.78 is 37.1. The van der Waals surface area contributed by atoms with Crippen LogP contribution in [0, 0.1) is 6.92 Å². The number of esters is 1. The maximum atomic E-state index is 13.0. The monoisotopic (exact) mass is 363 g/mol.